The first-order chi connectivity index (χ1) is 8.49. The van der Waals surface area contributed by atoms with Crippen LogP contribution < -0.4 is 5.73 Å². The molecule has 1 aromatic heterocycles. The number of benzene rings is 1. The number of rotatable bonds is 3. The smallest absolute Gasteiger partial charge is 0.315 e. The van der Waals surface area contributed by atoms with Crippen LogP contribution in [-0.2, 0) is 0 Å². The van der Waals surface area contributed by atoms with Gasteiger partial charge in [-0.15, -0.1) is 0 Å². The van der Waals surface area contributed by atoms with Crippen LogP contribution in [0.3, 0.4) is 0 Å². The first-order valence-electron chi connectivity index (χ1n) is 4.81. The van der Waals surface area contributed by atoms with Gasteiger partial charge in [0.05, 0.1) is 11.1 Å². The van der Waals surface area contributed by atoms with Crippen LogP contribution in [0.5, 0.6) is 0 Å². The van der Waals surface area contributed by atoms with Crippen LogP contribution in [0.4, 0.5) is 13.2 Å². The molecule has 2 aromatic rings. The third kappa shape index (κ3) is 2.46. The highest BCUT2D eigenvalue weighted by atomic mass is 35.5. The fourth-order valence-corrected chi connectivity index (χ4v) is 1.43. The van der Waals surface area contributed by atoms with Crippen molar-refractivity contribution in [2.45, 2.75) is 12.5 Å². The van der Waals surface area contributed by atoms with Crippen LogP contribution in [0.2, 0.25) is 5.02 Å². The van der Waals surface area contributed by atoms with Gasteiger partial charge in [0.25, 0.3) is 5.89 Å². The van der Waals surface area contributed by atoms with Crippen molar-refractivity contribution < 1.29 is 17.7 Å². The highest BCUT2D eigenvalue weighted by molar-refractivity contribution is 6.30. The average molecular weight is 278 g/mol. The zero-order valence-electron chi connectivity index (χ0n) is 8.78. The zero-order chi connectivity index (χ0) is 13.3. The van der Waals surface area contributed by atoms with E-state index >= 15 is 0 Å². The van der Waals surface area contributed by atoms with Crippen molar-refractivity contribution >= 4 is 11.6 Å². The van der Waals surface area contributed by atoms with Gasteiger partial charge in [0, 0.05) is 0 Å². The minimum atomic E-state index is -2.87. The molecule has 1 unspecified atom stereocenters. The van der Waals surface area contributed by atoms with Crippen molar-refractivity contribution in [2.75, 3.05) is 0 Å². The number of alkyl halides is 2. The van der Waals surface area contributed by atoms with Crippen LogP contribution in [0.15, 0.2) is 22.7 Å². The van der Waals surface area contributed by atoms with Crippen molar-refractivity contribution in [3.8, 4) is 0 Å². The summed E-state index contributed by atoms with van der Waals surface area (Å²) in [4.78, 5) is 3.43. The van der Waals surface area contributed by atoms with Crippen molar-refractivity contribution in [1.82, 2.24) is 10.1 Å². The first-order valence-corrected chi connectivity index (χ1v) is 5.19. The number of hydrogen-bond donors (Lipinski definition) is 1. The lowest BCUT2D eigenvalue weighted by Crippen LogP contribution is -2.14. The topological polar surface area (TPSA) is 64.9 Å². The fraction of sp³-hybridized carbons (Fsp3) is 0.200. The van der Waals surface area contributed by atoms with Gasteiger partial charge in [-0.1, -0.05) is 22.8 Å². The Morgan fingerprint density at radius 3 is 2.61 bits per heavy atom. The van der Waals surface area contributed by atoms with Gasteiger partial charge < -0.3 is 10.3 Å². The second-order valence-electron chi connectivity index (χ2n) is 3.44. The molecule has 0 saturated heterocycles. The number of nitrogens with zero attached hydrogens (tertiary/aromatic N) is 2. The summed E-state index contributed by atoms with van der Waals surface area (Å²) in [6, 6.07) is 2.88. The van der Waals surface area contributed by atoms with Gasteiger partial charge in [0.15, 0.2) is 5.82 Å². The highest BCUT2D eigenvalue weighted by Gasteiger charge is 2.21. The molecule has 1 aromatic carbocycles. The van der Waals surface area contributed by atoms with E-state index in [-0.39, 0.29) is 10.8 Å². The Morgan fingerprint density at radius 1 is 1.33 bits per heavy atom. The Bertz CT molecular complexity index is 561. The quantitative estimate of drug-likeness (QED) is 0.937. The van der Waals surface area contributed by atoms with Crippen LogP contribution in [-0.4, -0.2) is 10.1 Å². The van der Waals surface area contributed by atoms with Crippen molar-refractivity contribution in [3.05, 3.63) is 46.3 Å². The molecular formula is C10H7ClF3N3O. The summed E-state index contributed by atoms with van der Waals surface area (Å²) >= 11 is 5.51. The van der Waals surface area contributed by atoms with Crippen LogP contribution >= 0.6 is 11.6 Å². The molecule has 2 N–H and O–H groups in total. The summed E-state index contributed by atoms with van der Waals surface area (Å²) in [5.41, 5.74) is 6.01. The van der Waals surface area contributed by atoms with E-state index in [0.717, 1.165) is 6.07 Å². The molecule has 8 heteroatoms. The summed E-state index contributed by atoms with van der Waals surface area (Å²) in [6.07, 6.45) is -2.87. The zero-order valence-corrected chi connectivity index (χ0v) is 9.53. The molecular weight excluding hydrogens is 271 g/mol. The van der Waals surface area contributed by atoms with Gasteiger partial charge in [0.2, 0.25) is 0 Å². The first kappa shape index (κ1) is 12.8. The number of aromatic nitrogens is 2. The standard InChI is InChI=1S/C10H7ClF3N3O/c11-5-2-1-4(3-6(5)12)7(15)9-16-10(8(13)14)18-17-9/h1-3,7-8H,15H2. The SMILES string of the molecule is NC(c1ccc(Cl)c(F)c1)c1noc(C(F)F)n1. The molecule has 0 radical (unpaired) electrons. The van der Waals surface area contributed by atoms with E-state index in [1.54, 1.807) is 0 Å². The molecule has 4 nitrogen and oxygen atoms in total. The molecule has 0 fully saturated rings. The summed E-state index contributed by atoms with van der Waals surface area (Å²) in [7, 11) is 0. The Labute approximate surface area is 105 Å². The van der Waals surface area contributed by atoms with Crippen molar-refractivity contribution in [3.63, 3.8) is 0 Å². The lowest BCUT2D eigenvalue weighted by Gasteiger charge is -2.07. The van der Waals surface area contributed by atoms with E-state index in [9.17, 15) is 13.2 Å². The minimum absolute atomic E-state index is 0.0627. The lowest BCUT2D eigenvalue weighted by atomic mass is 10.1. The van der Waals surface area contributed by atoms with E-state index in [0.29, 0.717) is 5.56 Å². The second kappa shape index (κ2) is 4.95. The molecule has 2 rings (SSSR count). The number of nitrogens with two attached hydrogens (primary N) is 1. The Morgan fingerprint density at radius 2 is 2.06 bits per heavy atom. The summed E-state index contributed by atoms with van der Waals surface area (Å²) in [5.74, 6) is -1.64. The van der Waals surface area contributed by atoms with Crippen LogP contribution in [0.25, 0.3) is 0 Å². The molecule has 0 saturated carbocycles. The molecule has 96 valence electrons. The lowest BCUT2D eigenvalue weighted by molar-refractivity contribution is 0.106. The Kier molecular flexibility index (Phi) is 3.53. The van der Waals surface area contributed by atoms with Gasteiger partial charge >= 0.3 is 6.43 Å². The molecule has 0 aliphatic heterocycles. The summed E-state index contributed by atoms with van der Waals surface area (Å²) in [6.45, 7) is 0. The molecule has 18 heavy (non-hydrogen) atoms. The van der Waals surface area contributed by atoms with Crippen molar-refractivity contribution in [2.24, 2.45) is 5.73 Å². The van der Waals surface area contributed by atoms with Gasteiger partial charge in [0.1, 0.15) is 5.82 Å². The van der Waals surface area contributed by atoms with Crippen LogP contribution in [0, 0.1) is 5.82 Å². The van der Waals surface area contributed by atoms with E-state index in [2.05, 4.69) is 14.7 Å². The van der Waals surface area contributed by atoms with Gasteiger partial charge in [-0.3, -0.25) is 0 Å². The molecule has 1 heterocycles. The molecule has 0 amide bonds. The second-order valence-corrected chi connectivity index (χ2v) is 3.85. The third-order valence-corrected chi connectivity index (χ3v) is 2.53. The van der Waals surface area contributed by atoms with Gasteiger partial charge in [-0.05, 0) is 17.7 Å². The predicted molar refractivity (Wildman–Crippen MR) is 56.7 cm³/mol. The van der Waals surface area contributed by atoms with Crippen molar-refractivity contribution in [1.29, 1.82) is 0 Å². The highest BCUT2D eigenvalue weighted by Crippen LogP contribution is 2.24. The molecule has 0 spiro atoms. The average Bonchev–Trinajstić information content (AvgIpc) is 2.81. The molecule has 1 atom stereocenters. The monoisotopic (exact) mass is 277 g/mol. The van der Waals surface area contributed by atoms with Gasteiger partial charge in [-0.25, -0.2) is 4.39 Å². The normalized spacial score (nSPS) is 13.0. The maximum Gasteiger partial charge on any atom is 0.315 e. The van der Waals surface area contributed by atoms with Crippen LogP contribution in [0.1, 0.15) is 29.7 Å². The number of halogens is 4. The largest absolute Gasteiger partial charge is 0.333 e. The van der Waals surface area contributed by atoms with E-state index in [1.165, 1.54) is 12.1 Å². The van der Waals surface area contributed by atoms with E-state index < -0.39 is 24.2 Å². The molecule has 0 aliphatic rings. The Balaban J connectivity index is 2.29. The summed E-state index contributed by atoms with van der Waals surface area (Å²) < 4.78 is 42.0. The number of hydrogen-bond acceptors (Lipinski definition) is 4. The molecule has 0 bridgehead atoms. The van der Waals surface area contributed by atoms with E-state index in [1.807, 2.05) is 0 Å². The maximum atomic E-state index is 13.2. The molecule has 0 aliphatic carbocycles. The predicted octanol–water partition coefficient (Wildman–Crippen LogP) is 2.85. The summed E-state index contributed by atoms with van der Waals surface area (Å²) in [5, 5.41) is 3.26. The maximum absolute atomic E-state index is 13.2. The Hall–Kier alpha value is -1.60. The fourth-order valence-electron chi connectivity index (χ4n) is 1.32. The van der Waals surface area contributed by atoms with E-state index in [4.69, 9.17) is 17.3 Å². The third-order valence-electron chi connectivity index (χ3n) is 2.23. The minimum Gasteiger partial charge on any atom is -0.333 e. The van der Waals surface area contributed by atoms with Gasteiger partial charge in [-0.2, -0.15) is 13.8 Å².